The summed E-state index contributed by atoms with van der Waals surface area (Å²) in [6.45, 7) is 4.60. The standard InChI is InChI=1S/C4H6O2.H4N2O/c1-3(2)4(5)6;1-2-3/h1H2,2H3,(H,5,6);2-3H,1H2. The quantitative estimate of drug-likeness (QED) is 0.220. The molecule has 0 amide bonds. The highest BCUT2D eigenvalue weighted by atomic mass is 16.5. The zero-order valence-corrected chi connectivity index (χ0v) is 5.09. The van der Waals surface area contributed by atoms with E-state index in [9.17, 15) is 4.79 Å². The third-order valence-electron chi connectivity index (χ3n) is 0.365. The molecule has 0 aliphatic heterocycles. The van der Waals surface area contributed by atoms with Crippen molar-refractivity contribution < 1.29 is 15.1 Å². The summed E-state index contributed by atoms with van der Waals surface area (Å²) >= 11 is 0. The second-order valence-electron chi connectivity index (χ2n) is 1.21. The summed E-state index contributed by atoms with van der Waals surface area (Å²) in [6, 6.07) is 0. The van der Waals surface area contributed by atoms with E-state index in [2.05, 4.69) is 12.4 Å². The van der Waals surface area contributed by atoms with Gasteiger partial charge in [0.15, 0.2) is 0 Å². The van der Waals surface area contributed by atoms with Gasteiger partial charge in [0, 0.05) is 5.57 Å². The highest BCUT2D eigenvalue weighted by molar-refractivity contribution is 5.84. The van der Waals surface area contributed by atoms with Crippen molar-refractivity contribution in [1.82, 2.24) is 5.59 Å². The van der Waals surface area contributed by atoms with Crippen LogP contribution >= 0.6 is 0 Å². The molecule has 0 aromatic rings. The summed E-state index contributed by atoms with van der Waals surface area (Å²) in [5.41, 5.74) is 1.43. The first-order chi connectivity index (χ1) is 4.06. The Balaban J connectivity index is 0. The van der Waals surface area contributed by atoms with E-state index in [4.69, 9.17) is 10.3 Å². The zero-order chi connectivity index (χ0) is 7.86. The lowest BCUT2D eigenvalue weighted by molar-refractivity contribution is -0.132. The van der Waals surface area contributed by atoms with Gasteiger partial charge in [-0.15, -0.1) is 5.59 Å². The van der Waals surface area contributed by atoms with Crippen LogP contribution in [0.5, 0.6) is 0 Å². The van der Waals surface area contributed by atoms with E-state index in [0.29, 0.717) is 0 Å². The molecule has 5 heteroatoms. The lowest BCUT2D eigenvalue weighted by Gasteiger charge is -1.79. The number of hydrazine groups is 1. The second kappa shape index (κ2) is 7.09. The molecule has 0 aromatic heterocycles. The van der Waals surface area contributed by atoms with Crippen molar-refractivity contribution in [2.24, 2.45) is 5.84 Å². The lowest BCUT2D eigenvalue weighted by atomic mass is 10.4. The smallest absolute Gasteiger partial charge is 0.330 e. The van der Waals surface area contributed by atoms with E-state index in [1.54, 1.807) is 0 Å². The van der Waals surface area contributed by atoms with Crippen LogP contribution < -0.4 is 11.4 Å². The van der Waals surface area contributed by atoms with Crippen molar-refractivity contribution in [3.63, 3.8) is 0 Å². The van der Waals surface area contributed by atoms with Gasteiger partial charge >= 0.3 is 5.97 Å². The summed E-state index contributed by atoms with van der Waals surface area (Å²) in [5.74, 6) is 3.22. The van der Waals surface area contributed by atoms with Crippen LogP contribution in [0.25, 0.3) is 0 Å². The molecule has 9 heavy (non-hydrogen) atoms. The highest BCUT2D eigenvalue weighted by Gasteiger charge is 1.90. The molecule has 54 valence electrons. The number of nitrogens with two attached hydrogens (primary N) is 1. The summed E-state index contributed by atoms with van der Waals surface area (Å²) in [7, 11) is 0. The molecular weight excluding hydrogens is 124 g/mol. The molecule has 0 rings (SSSR count). The van der Waals surface area contributed by atoms with Crippen LogP contribution in [0.4, 0.5) is 0 Å². The molecule has 0 aliphatic rings. The molecular formula is C4H10N2O3. The van der Waals surface area contributed by atoms with Gasteiger partial charge in [0.25, 0.3) is 0 Å². The van der Waals surface area contributed by atoms with E-state index in [0.717, 1.165) is 0 Å². The number of carbonyl (C=O) groups is 1. The SMILES string of the molecule is C=C(C)C(=O)O.NNO. The Bertz CT molecular complexity index is 90.0. The molecule has 0 atom stereocenters. The van der Waals surface area contributed by atoms with Crippen molar-refractivity contribution in [3.05, 3.63) is 12.2 Å². The van der Waals surface area contributed by atoms with Crippen molar-refractivity contribution in [2.45, 2.75) is 6.92 Å². The first-order valence-electron chi connectivity index (χ1n) is 2.04. The maximum Gasteiger partial charge on any atom is 0.330 e. The number of carboxylic acids is 1. The van der Waals surface area contributed by atoms with Gasteiger partial charge in [-0.3, -0.25) is 0 Å². The Kier molecular flexibility index (Phi) is 8.64. The average Bonchev–Trinajstić information content (AvgIpc) is 1.68. The Labute approximate surface area is 52.7 Å². The van der Waals surface area contributed by atoms with Gasteiger partial charge in [-0.2, -0.15) is 0 Å². The average molecular weight is 134 g/mol. The maximum absolute atomic E-state index is 9.60. The normalized spacial score (nSPS) is 7.00. The molecule has 5 nitrogen and oxygen atoms in total. The minimum absolute atomic E-state index is 0.176. The fourth-order valence-electron chi connectivity index (χ4n) is 0. The number of rotatable bonds is 1. The van der Waals surface area contributed by atoms with E-state index in [1.807, 2.05) is 0 Å². The fourth-order valence-corrected chi connectivity index (χ4v) is 0. The van der Waals surface area contributed by atoms with E-state index in [-0.39, 0.29) is 5.57 Å². The number of carboxylic acid groups (broad SMARTS) is 1. The summed E-state index contributed by atoms with van der Waals surface area (Å²) < 4.78 is 0. The third kappa shape index (κ3) is 19.2. The van der Waals surface area contributed by atoms with E-state index in [1.165, 1.54) is 12.5 Å². The topological polar surface area (TPSA) is 95.6 Å². The molecule has 0 fully saturated rings. The predicted octanol–water partition coefficient (Wildman–Crippen LogP) is -0.514. The minimum atomic E-state index is -0.935. The highest BCUT2D eigenvalue weighted by Crippen LogP contribution is 1.81. The van der Waals surface area contributed by atoms with Crippen molar-refractivity contribution in [2.75, 3.05) is 0 Å². The second-order valence-corrected chi connectivity index (χ2v) is 1.21. The molecule has 0 saturated heterocycles. The monoisotopic (exact) mass is 134 g/mol. The van der Waals surface area contributed by atoms with Gasteiger partial charge in [0.05, 0.1) is 0 Å². The maximum atomic E-state index is 9.60. The molecule has 0 saturated carbocycles. The summed E-state index contributed by atoms with van der Waals surface area (Å²) in [5, 5.41) is 15.0. The van der Waals surface area contributed by atoms with Gasteiger partial charge in [-0.05, 0) is 6.92 Å². The van der Waals surface area contributed by atoms with E-state index < -0.39 is 5.97 Å². The third-order valence-corrected chi connectivity index (χ3v) is 0.365. The summed E-state index contributed by atoms with van der Waals surface area (Å²) in [6.07, 6.45) is 0. The van der Waals surface area contributed by atoms with Crippen LogP contribution in [0.15, 0.2) is 12.2 Å². The van der Waals surface area contributed by atoms with Crippen molar-refractivity contribution >= 4 is 5.97 Å². The lowest BCUT2D eigenvalue weighted by Crippen LogP contribution is -2.14. The summed E-state index contributed by atoms with van der Waals surface area (Å²) in [4.78, 5) is 9.60. The number of nitrogens with one attached hydrogen (secondary N) is 1. The van der Waals surface area contributed by atoms with Crippen LogP contribution in [0, 0.1) is 0 Å². The van der Waals surface area contributed by atoms with Gasteiger partial charge < -0.3 is 10.3 Å². The molecule has 5 N–H and O–H groups in total. The molecule has 0 radical (unpaired) electrons. The van der Waals surface area contributed by atoms with Gasteiger partial charge in [-0.25, -0.2) is 10.6 Å². The largest absolute Gasteiger partial charge is 0.478 e. The molecule has 0 aliphatic carbocycles. The van der Waals surface area contributed by atoms with Crippen LogP contribution in [0.1, 0.15) is 6.92 Å². The van der Waals surface area contributed by atoms with Crippen LogP contribution in [-0.4, -0.2) is 16.3 Å². The molecule has 0 heterocycles. The number of hydrogen-bond donors (Lipinski definition) is 4. The zero-order valence-electron chi connectivity index (χ0n) is 5.09. The Morgan fingerprint density at radius 1 is 1.78 bits per heavy atom. The molecule has 0 bridgehead atoms. The van der Waals surface area contributed by atoms with Gasteiger partial charge in [-0.1, -0.05) is 6.58 Å². The van der Waals surface area contributed by atoms with Crippen molar-refractivity contribution in [1.29, 1.82) is 0 Å². The number of aliphatic carboxylic acids is 1. The molecule has 0 aromatic carbocycles. The van der Waals surface area contributed by atoms with Crippen LogP contribution in [-0.2, 0) is 4.79 Å². The van der Waals surface area contributed by atoms with E-state index >= 15 is 0 Å². The van der Waals surface area contributed by atoms with Gasteiger partial charge in [0.1, 0.15) is 0 Å². The first kappa shape index (κ1) is 11.0. The Hall–Kier alpha value is -0.910. The Morgan fingerprint density at radius 2 is 1.89 bits per heavy atom. The van der Waals surface area contributed by atoms with Gasteiger partial charge in [0.2, 0.25) is 0 Å². The molecule has 0 spiro atoms. The fraction of sp³-hybridized carbons (Fsp3) is 0.250. The first-order valence-corrected chi connectivity index (χ1v) is 2.04. The molecule has 0 unspecified atom stereocenters. The number of hydrogen-bond acceptors (Lipinski definition) is 4. The van der Waals surface area contributed by atoms with Crippen LogP contribution in [0.3, 0.4) is 0 Å². The van der Waals surface area contributed by atoms with Crippen molar-refractivity contribution in [3.8, 4) is 0 Å². The minimum Gasteiger partial charge on any atom is -0.478 e. The predicted molar refractivity (Wildman–Crippen MR) is 31.6 cm³/mol. The van der Waals surface area contributed by atoms with Crippen LogP contribution in [0.2, 0.25) is 0 Å². The Morgan fingerprint density at radius 3 is 1.89 bits per heavy atom.